The first-order chi connectivity index (χ1) is 9.29. The third kappa shape index (κ3) is 2.66. The van der Waals surface area contributed by atoms with Crippen molar-refractivity contribution in [1.82, 2.24) is 0 Å². The van der Waals surface area contributed by atoms with E-state index in [1.54, 1.807) is 12.1 Å². The molecule has 0 nitrogen and oxygen atoms in total. The van der Waals surface area contributed by atoms with Gasteiger partial charge in [-0.05, 0) is 41.5 Å². The van der Waals surface area contributed by atoms with Crippen LogP contribution in [-0.4, -0.2) is 5.88 Å². The van der Waals surface area contributed by atoms with E-state index in [1.807, 2.05) is 12.1 Å². The highest BCUT2D eigenvalue weighted by Gasteiger charge is 2.43. The molecule has 2 aromatic rings. The standard InChI is InChI=1S/C17H16ClF/c18-11-17(13-7-4-8-14(19)9-13)16-10-15(16)12-5-2-1-3-6-12/h1-9,15-17H,10-11H2. The topological polar surface area (TPSA) is 0 Å². The first-order valence-corrected chi connectivity index (χ1v) is 7.19. The molecule has 0 spiro atoms. The second-order valence-corrected chi connectivity index (χ2v) is 5.54. The molecular weight excluding hydrogens is 259 g/mol. The monoisotopic (exact) mass is 274 g/mol. The molecule has 19 heavy (non-hydrogen) atoms. The number of alkyl halides is 1. The smallest absolute Gasteiger partial charge is 0.123 e. The van der Waals surface area contributed by atoms with Crippen LogP contribution in [0, 0.1) is 11.7 Å². The van der Waals surface area contributed by atoms with Crippen molar-refractivity contribution >= 4 is 11.6 Å². The SMILES string of the molecule is Fc1cccc(C(CCl)C2CC2c2ccccc2)c1. The Balaban J connectivity index is 1.79. The van der Waals surface area contributed by atoms with Crippen LogP contribution in [0.2, 0.25) is 0 Å². The fourth-order valence-electron chi connectivity index (χ4n) is 2.93. The van der Waals surface area contributed by atoms with Crippen molar-refractivity contribution in [3.63, 3.8) is 0 Å². The van der Waals surface area contributed by atoms with Crippen molar-refractivity contribution < 1.29 is 4.39 Å². The van der Waals surface area contributed by atoms with Crippen molar-refractivity contribution in [2.75, 3.05) is 5.88 Å². The molecule has 1 fully saturated rings. The molecule has 3 unspecified atom stereocenters. The van der Waals surface area contributed by atoms with Gasteiger partial charge in [-0.25, -0.2) is 4.39 Å². The van der Waals surface area contributed by atoms with Crippen LogP contribution in [0.25, 0.3) is 0 Å². The van der Waals surface area contributed by atoms with E-state index < -0.39 is 0 Å². The van der Waals surface area contributed by atoms with E-state index in [1.165, 1.54) is 11.6 Å². The molecule has 1 aliphatic rings. The lowest BCUT2D eigenvalue weighted by atomic mass is 9.93. The third-order valence-electron chi connectivity index (χ3n) is 4.03. The van der Waals surface area contributed by atoms with Gasteiger partial charge in [-0.2, -0.15) is 0 Å². The van der Waals surface area contributed by atoms with Gasteiger partial charge in [0, 0.05) is 11.8 Å². The zero-order valence-electron chi connectivity index (χ0n) is 10.6. The maximum atomic E-state index is 13.3. The van der Waals surface area contributed by atoms with Crippen LogP contribution < -0.4 is 0 Å². The van der Waals surface area contributed by atoms with E-state index in [9.17, 15) is 4.39 Å². The number of hydrogen-bond acceptors (Lipinski definition) is 0. The summed E-state index contributed by atoms with van der Waals surface area (Å²) in [5, 5.41) is 0. The van der Waals surface area contributed by atoms with Gasteiger partial charge in [0.25, 0.3) is 0 Å². The predicted octanol–water partition coefficient (Wildman–Crippen LogP) is 4.95. The normalized spacial score (nSPS) is 23.1. The summed E-state index contributed by atoms with van der Waals surface area (Å²) in [6, 6.07) is 17.4. The average Bonchev–Trinajstić information content (AvgIpc) is 3.21. The minimum atomic E-state index is -0.176. The molecule has 2 aromatic carbocycles. The molecule has 2 heteroatoms. The van der Waals surface area contributed by atoms with Crippen LogP contribution in [0.5, 0.6) is 0 Å². The van der Waals surface area contributed by atoms with E-state index in [4.69, 9.17) is 11.6 Å². The fraction of sp³-hybridized carbons (Fsp3) is 0.294. The Morgan fingerprint density at radius 1 is 1.11 bits per heavy atom. The molecule has 1 saturated carbocycles. The molecule has 0 heterocycles. The van der Waals surface area contributed by atoms with Crippen molar-refractivity contribution in [2.24, 2.45) is 5.92 Å². The van der Waals surface area contributed by atoms with Gasteiger partial charge in [0.2, 0.25) is 0 Å². The molecule has 0 bridgehead atoms. The predicted molar refractivity (Wildman–Crippen MR) is 77.2 cm³/mol. The third-order valence-corrected chi connectivity index (χ3v) is 4.36. The molecule has 3 atom stereocenters. The summed E-state index contributed by atoms with van der Waals surface area (Å²) in [5.41, 5.74) is 2.40. The Morgan fingerprint density at radius 2 is 1.89 bits per heavy atom. The molecule has 0 N–H and O–H groups in total. The second kappa shape index (κ2) is 5.34. The zero-order chi connectivity index (χ0) is 13.2. The molecule has 3 rings (SSSR count). The lowest BCUT2D eigenvalue weighted by Gasteiger charge is -2.14. The van der Waals surface area contributed by atoms with Gasteiger partial charge >= 0.3 is 0 Å². The molecule has 0 radical (unpaired) electrons. The molecule has 1 aliphatic carbocycles. The quantitative estimate of drug-likeness (QED) is 0.692. The van der Waals surface area contributed by atoms with Gasteiger partial charge in [0.1, 0.15) is 5.82 Å². The van der Waals surface area contributed by atoms with Crippen LogP contribution in [0.4, 0.5) is 4.39 Å². The van der Waals surface area contributed by atoms with Gasteiger partial charge < -0.3 is 0 Å². The van der Waals surface area contributed by atoms with Crippen LogP contribution in [-0.2, 0) is 0 Å². The molecule has 98 valence electrons. The van der Waals surface area contributed by atoms with Crippen molar-refractivity contribution in [3.05, 3.63) is 71.5 Å². The number of benzene rings is 2. The van der Waals surface area contributed by atoms with E-state index >= 15 is 0 Å². The Kier molecular flexibility index (Phi) is 3.56. The Labute approximate surface area is 118 Å². The summed E-state index contributed by atoms with van der Waals surface area (Å²) in [6.07, 6.45) is 1.15. The largest absolute Gasteiger partial charge is 0.207 e. The summed E-state index contributed by atoms with van der Waals surface area (Å²) in [5.74, 6) is 1.75. The fourth-order valence-corrected chi connectivity index (χ4v) is 3.34. The molecule has 0 aliphatic heterocycles. The van der Waals surface area contributed by atoms with Gasteiger partial charge in [-0.1, -0.05) is 42.5 Å². The first-order valence-electron chi connectivity index (χ1n) is 6.66. The van der Waals surface area contributed by atoms with Crippen molar-refractivity contribution in [1.29, 1.82) is 0 Å². The summed E-state index contributed by atoms with van der Waals surface area (Å²) in [7, 11) is 0. The Morgan fingerprint density at radius 3 is 2.58 bits per heavy atom. The summed E-state index contributed by atoms with van der Waals surface area (Å²) < 4.78 is 13.3. The number of halogens is 2. The van der Waals surface area contributed by atoms with Gasteiger partial charge in [-0.15, -0.1) is 11.6 Å². The molecule has 0 amide bonds. The Bertz CT molecular complexity index is 552. The van der Waals surface area contributed by atoms with Crippen LogP contribution >= 0.6 is 11.6 Å². The summed E-state index contributed by atoms with van der Waals surface area (Å²) in [4.78, 5) is 0. The van der Waals surface area contributed by atoms with Crippen molar-refractivity contribution in [2.45, 2.75) is 18.3 Å². The minimum Gasteiger partial charge on any atom is -0.207 e. The van der Waals surface area contributed by atoms with Gasteiger partial charge in [0.15, 0.2) is 0 Å². The highest BCUT2D eigenvalue weighted by atomic mass is 35.5. The lowest BCUT2D eigenvalue weighted by molar-refractivity contribution is 0.608. The summed E-state index contributed by atoms with van der Waals surface area (Å²) >= 11 is 6.12. The highest BCUT2D eigenvalue weighted by molar-refractivity contribution is 6.18. The Hall–Kier alpha value is -1.34. The van der Waals surface area contributed by atoms with Gasteiger partial charge in [-0.3, -0.25) is 0 Å². The van der Waals surface area contributed by atoms with Gasteiger partial charge in [0.05, 0.1) is 0 Å². The van der Waals surface area contributed by atoms with Crippen LogP contribution in [0.1, 0.15) is 29.4 Å². The van der Waals surface area contributed by atoms with E-state index in [-0.39, 0.29) is 11.7 Å². The maximum Gasteiger partial charge on any atom is 0.123 e. The average molecular weight is 275 g/mol. The zero-order valence-corrected chi connectivity index (χ0v) is 11.4. The van der Waals surface area contributed by atoms with E-state index in [0.717, 1.165) is 12.0 Å². The molecular formula is C17H16ClF. The maximum absolute atomic E-state index is 13.3. The van der Waals surface area contributed by atoms with E-state index in [0.29, 0.717) is 17.7 Å². The molecule has 0 saturated heterocycles. The molecule has 0 aromatic heterocycles. The number of rotatable bonds is 4. The number of hydrogen-bond donors (Lipinski definition) is 0. The van der Waals surface area contributed by atoms with Crippen molar-refractivity contribution in [3.8, 4) is 0 Å². The first kappa shape index (κ1) is 12.7. The highest BCUT2D eigenvalue weighted by Crippen LogP contribution is 2.55. The lowest BCUT2D eigenvalue weighted by Crippen LogP contribution is -2.05. The second-order valence-electron chi connectivity index (χ2n) is 5.23. The van der Waals surface area contributed by atoms with Crippen LogP contribution in [0.15, 0.2) is 54.6 Å². The minimum absolute atomic E-state index is 0.176. The van der Waals surface area contributed by atoms with Crippen LogP contribution in [0.3, 0.4) is 0 Å². The van der Waals surface area contributed by atoms with E-state index in [2.05, 4.69) is 24.3 Å². The summed E-state index contributed by atoms with van der Waals surface area (Å²) in [6.45, 7) is 0.